The van der Waals surface area contributed by atoms with Crippen molar-refractivity contribution in [3.63, 3.8) is 0 Å². The lowest BCUT2D eigenvalue weighted by molar-refractivity contribution is -0.134. The van der Waals surface area contributed by atoms with Crippen LogP contribution in [0.2, 0.25) is 0 Å². The first-order valence-electron chi connectivity index (χ1n) is 8.19. The van der Waals surface area contributed by atoms with Crippen molar-refractivity contribution >= 4 is 18.1 Å². The normalized spacial score (nSPS) is 19.5. The molecule has 0 radical (unpaired) electrons. The van der Waals surface area contributed by atoms with E-state index < -0.39 is 0 Å². The number of hydrogen-bond donors (Lipinski definition) is 0. The average molecular weight is 322 g/mol. The molecule has 1 spiro atoms. The molecule has 1 saturated heterocycles. The number of ketones is 1. The molecule has 3 rings (SSSR count). The van der Waals surface area contributed by atoms with Crippen LogP contribution in [0, 0.1) is 11.3 Å². The molecule has 1 aliphatic heterocycles. The third kappa shape index (κ3) is 3.92. The minimum atomic E-state index is 0.278. The number of carbonyl (C=O) groups excluding carboxylic acids is 2. The van der Waals surface area contributed by atoms with Crippen molar-refractivity contribution in [3.05, 3.63) is 11.8 Å². The van der Waals surface area contributed by atoms with Gasteiger partial charge >= 0.3 is 0 Å². The van der Waals surface area contributed by atoms with E-state index in [1.54, 1.807) is 6.92 Å². The van der Waals surface area contributed by atoms with Gasteiger partial charge in [-0.2, -0.15) is 0 Å². The van der Waals surface area contributed by atoms with Gasteiger partial charge in [0.2, 0.25) is 0 Å². The quantitative estimate of drug-likeness (QED) is 0.776. The van der Waals surface area contributed by atoms with Crippen LogP contribution >= 0.6 is 0 Å². The molecule has 128 valence electrons. The standard InChI is InChI=1S/C14H20N2O2.C3H6O2/c1-9(2)10(3)12-4-13(15-18-12)16-7-14(8-16)5-11(17)6-14;1-2-5-3-4/h4,9-10H,5-8H2,1-3H3;3H,2H2,1H3. The molecule has 1 unspecified atom stereocenters. The SMILES string of the molecule is CC(C)C(C)c1cc(N2CC3(CC(=O)C3)C2)no1.CCOC=O. The first-order valence-corrected chi connectivity index (χ1v) is 8.19. The Labute approximate surface area is 137 Å². The summed E-state index contributed by atoms with van der Waals surface area (Å²) >= 11 is 0. The highest BCUT2D eigenvalue weighted by Gasteiger charge is 2.52. The van der Waals surface area contributed by atoms with E-state index in [1.165, 1.54) is 0 Å². The van der Waals surface area contributed by atoms with Crippen LogP contribution in [-0.2, 0) is 14.3 Å². The zero-order chi connectivity index (χ0) is 17.0. The van der Waals surface area contributed by atoms with Crippen LogP contribution < -0.4 is 4.90 Å². The predicted molar refractivity (Wildman–Crippen MR) is 86.3 cm³/mol. The maximum Gasteiger partial charge on any atom is 0.293 e. The van der Waals surface area contributed by atoms with Crippen molar-refractivity contribution in [1.29, 1.82) is 0 Å². The number of carbonyl (C=O) groups is 2. The topological polar surface area (TPSA) is 72.6 Å². The van der Waals surface area contributed by atoms with E-state index in [2.05, 4.69) is 41.6 Å². The monoisotopic (exact) mass is 322 g/mol. The number of rotatable bonds is 5. The number of Topliss-reactive ketones (excluding diaryl/α,β-unsaturated/α-hetero) is 1. The van der Waals surface area contributed by atoms with Crippen molar-refractivity contribution < 1.29 is 18.8 Å². The molecule has 0 N–H and O–H groups in total. The molecule has 23 heavy (non-hydrogen) atoms. The molecule has 2 heterocycles. The van der Waals surface area contributed by atoms with Crippen molar-refractivity contribution in [3.8, 4) is 0 Å². The lowest BCUT2D eigenvalue weighted by Gasteiger charge is -2.54. The molecule has 0 amide bonds. The largest absolute Gasteiger partial charge is 0.468 e. The van der Waals surface area contributed by atoms with E-state index in [4.69, 9.17) is 4.52 Å². The Hall–Kier alpha value is -1.85. The van der Waals surface area contributed by atoms with Crippen molar-refractivity contribution in [2.75, 3.05) is 24.6 Å². The van der Waals surface area contributed by atoms with Gasteiger partial charge in [0, 0.05) is 43.3 Å². The van der Waals surface area contributed by atoms with Crippen LogP contribution in [-0.4, -0.2) is 37.1 Å². The molecule has 2 fully saturated rings. The molecular weight excluding hydrogens is 296 g/mol. The number of hydrogen-bond acceptors (Lipinski definition) is 6. The minimum Gasteiger partial charge on any atom is -0.468 e. The first kappa shape index (κ1) is 17.5. The van der Waals surface area contributed by atoms with E-state index in [0.29, 0.717) is 30.7 Å². The molecule has 0 bridgehead atoms. The highest BCUT2D eigenvalue weighted by molar-refractivity contribution is 5.87. The van der Waals surface area contributed by atoms with E-state index in [9.17, 15) is 9.59 Å². The number of nitrogens with zero attached hydrogens (tertiary/aromatic N) is 2. The van der Waals surface area contributed by atoms with Crippen LogP contribution in [0.4, 0.5) is 5.82 Å². The first-order chi connectivity index (χ1) is 10.9. The van der Waals surface area contributed by atoms with Gasteiger partial charge in [0.25, 0.3) is 6.47 Å². The molecule has 1 aliphatic carbocycles. The van der Waals surface area contributed by atoms with Crippen LogP contribution in [0.3, 0.4) is 0 Å². The van der Waals surface area contributed by atoms with Crippen molar-refractivity contribution in [2.45, 2.75) is 46.5 Å². The Morgan fingerprint density at radius 1 is 1.39 bits per heavy atom. The summed E-state index contributed by atoms with van der Waals surface area (Å²) in [7, 11) is 0. The number of ether oxygens (including phenoxy) is 1. The Balaban J connectivity index is 0.000000338. The molecule has 6 nitrogen and oxygen atoms in total. The number of anilines is 1. The summed E-state index contributed by atoms with van der Waals surface area (Å²) < 4.78 is 9.58. The van der Waals surface area contributed by atoms with Gasteiger partial charge in [0.1, 0.15) is 11.5 Å². The van der Waals surface area contributed by atoms with Gasteiger partial charge in [-0.05, 0) is 12.8 Å². The summed E-state index contributed by atoms with van der Waals surface area (Å²) in [6.07, 6.45) is 1.52. The Morgan fingerprint density at radius 2 is 2.04 bits per heavy atom. The van der Waals surface area contributed by atoms with Gasteiger partial charge < -0.3 is 14.2 Å². The molecule has 1 atom stereocenters. The maximum absolute atomic E-state index is 11.1. The number of aromatic nitrogens is 1. The van der Waals surface area contributed by atoms with E-state index >= 15 is 0 Å². The fraction of sp³-hybridized carbons (Fsp3) is 0.706. The fourth-order valence-corrected chi connectivity index (χ4v) is 2.97. The van der Waals surface area contributed by atoms with Gasteiger partial charge in [-0.1, -0.05) is 25.9 Å². The van der Waals surface area contributed by atoms with Crippen molar-refractivity contribution in [1.82, 2.24) is 5.16 Å². The van der Waals surface area contributed by atoms with Gasteiger partial charge in [-0.15, -0.1) is 0 Å². The van der Waals surface area contributed by atoms with E-state index in [0.717, 1.165) is 37.5 Å². The molecule has 1 aromatic rings. The lowest BCUT2D eigenvalue weighted by atomic mass is 9.63. The molecule has 1 aromatic heterocycles. The molecule has 0 aromatic carbocycles. The summed E-state index contributed by atoms with van der Waals surface area (Å²) in [6, 6.07) is 2.05. The summed E-state index contributed by atoms with van der Waals surface area (Å²) in [6.45, 7) is 11.1. The third-order valence-electron chi connectivity index (χ3n) is 4.72. The molecule has 1 saturated carbocycles. The molecular formula is C17H26N2O4. The van der Waals surface area contributed by atoms with Gasteiger partial charge in [0.05, 0.1) is 6.61 Å². The third-order valence-corrected chi connectivity index (χ3v) is 4.72. The van der Waals surface area contributed by atoms with Gasteiger partial charge in [-0.3, -0.25) is 9.59 Å². The Bertz CT molecular complexity index is 537. The van der Waals surface area contributed by atoms with Gasteiger partial charge in [-0.25, -0.2) is 0 Å². The zero-order valence-corrected chi connectivity index (χ0v) is 14.4. The maximum atomic E-state index is 11.1. The summed E-state index contributed by atoms with van der Waals surface area (Å²) in [4.78, 5) is 22.5. The van der Waals surface area contributed by atoms with Crippen LogP contribution in [0.1, 0.15) is 52.2 Å². The smallest absolute Gasteiger partial charge is 0.293 e. The van der Waals surface area contributed by atoms with E-state index in [1.807, 2.05) is 0 Å². The second kappa shape index (κ2) is 7.15. The zero-order valence-electron chi connectivity index (χ0n) is 14.4. The average Bonchev–Trinajstić information content (AvgIpc) is 2.91. The highest BCUT2D eigenvalue weighted by Crippen LogP contribution is 2.47. The lowest BCUT2D eigenvalue weighted by Crippen LogP contribution is -2.62. The van der Waals surface area contributed by atoms with Gasteiger partial charge in [0.15, 0.2) is 5.82 Å². The second-order valence-electron chi connectivity index (χ2n) is 6.92. The fourth-order valence-electron chi connectivity index (χ4n) is 2.97. The summed E-state index contributed by atoms with van der Waals surface area (Å²) in [5.74, 6) is 3.25. The van der Waals surface area contributed by atoms with Crippen LogP contribution in [0.25, 0.3) is 0 Å². The summed E-state index contributed by atoms with van der Waals surface area (Å²) in [5, 5.41) is 4.15. The predicted octanol–water partition coefficient (Wildman–Crippen LogP) is 2.78. The molecule has 6 heteroatoms. The Morgan fingerprint density at radius 3 is 2.48 bits per heavy atom. The highest BCUT2D eigenvalue weighted by atomic mass is 16.5. The van der Waals surface area contributed by atoms with Crippen molar-refractivity contribution in [2.24, 2.45) is 11.3 Å². The van der Waals surface area contributed by atoms with E-state index in [-0.39, 0.29) is 5.41 Å². The Kier molecular flexibility index (Phi) is 5.44. The second-order valence-corrected chi connectivity index (χ2v) is 6.92. The van der Waals surface area contributed by atoms with Crippen LogP contribution in [0.5, 0.6) is 0 Å². The molecule has 2 aliphatic rings. The summed E-state index contributed by atoms with van der Waals surface area (Å²) in [5.41, 5.74) is 0.278. The van der Waals surface area contributed by atoms with Crippen LogP contribution in [0.15, 0.2) is 10.6 Å². The minimum absolute atomic E-state index is 0.278.